The van der Waals surface area contributed by atoms with Gasteiger partial charge in [-0.05, 0) is 277 Å². The third kappa shape index (κ3) is 17.1. The second kappa shape index (κ2) is 35.6. The zero-order valence-electron chi connectivity index (χ0n) is 72.8. The molecule has 130 heavy (non-hydrogen) atoms. The fraction of sp³-hybridized carbons (Fsp3) is 0.136. The molecule has 0 aliphatic heterocycles. The number of rotatable bonds is 15. The Morgan fingerprint density at radius 3 is 0.962 bits per heavy atom. The van der Waals surface area contributed by atoms with Crippen molar-refractivity contribution in [1.82, 2.24) is 96.8 Å². The summed E-state index contributed by atoms with van der Waals surface area (Å²) in [6.45, 7) is 10.3. The molecule has 20 heteroatoms. The zero-order chi connectivity index (χ0) is 87.5. The van der Waals surface area contributed by atoms with Crippen LogP contribution < -0.4 is 0 Å². The van der Waals surface area contributed by atoms with E-state index >= 15 is 0 Å². The van der Waals surface area contributed by atoms with Gasteiger partial charge in [-0.1, -0.05) is 121 Å². The van der Waals surface area contributed by atoms with Gasteiger partial charge in [-0.3, -0.25) is 19.9 Å². The number of hydrogen-bond acceptors (Lipinski definition) is 15. The highest BCUT2D eigenvalue weighted by molar-refractivity contribution is 5.98. The van der Waals surface area contributed by atoms with E-state index in [-0.39, 0.29) is 0 Å². The van der Waals surface area contributed by atoms with Crippen LogP contribution in [0, 0.1) is 34.6 Å². The lowest BCUT2D eigenvalue weighted by molar-refractivity contribution is 0.882. The van der Waals surface area contributed by atoms with Gasteiger partial charge in [0.25, 0.3) is 0 Å². The van der Waals surface area contributed by atoms with E-state index in [0.29, 0.717) is 0 Å². The second-order valence-electron chi connectivity index (χ2n) is 33.2. The first-order valence-electron chi connectivity index (χ1n) is 44.3. The number of imidazole rings is 5. The molecule has 0 spiro atoms. The van der Waals surface area contributed by atoms with Crippen LogP contribution in [0.4, 0.5) is 0 Å². The average molecular weight is 1690 g/mol. The molecule has 0 saturated heterocycles. The first-order chi connectivity index (χ1) is 63.9. The molecule has 0 radical (unpaired) electrons. The Balaban J connectivity index is 0.0000000984. The van der Waals surface area contributed by atoms with Crippen molar-refractivity contribution in [2.24, 2.45) is 0 Å². The molecule has 20 heterocycles. The summed E-state index contributed by atoms with van der Waals surface area (Å²) < 4.78 is 10.7. The maximum Gasteiger partial charge on any atom is 0.159 e. The van der Waals surface area contributed by atoms with E-state index in [0.717, 1.165) is 222 Å². The molecule has 0 N–H and O–H groups in total. The maximum atomic E-state index is 4.95. The third-order valence-electron chi connectivity index (χ3n) is 24.3. The normalized spacial score (nSPS) is 11.6. The molecular formula is C110H90N20. The van der Waals surface area contributed by atoms with Gasteiger partial charge in [-0.15, -0.1) is 0 Å². The molecule has 0 saturated carbocycles. The summed E-state index contributed by atoms with van der Waals surface area (Å²) in [6.07, 6.45) is 29.0. The lowest BCUT2D eigenvalue weighted by atomic mass is 10.1. The standard InChI is InChI=1S/C23H20N4.3C22H18N4.C21H16N4/c1-15-7-8-18-9-10-19(25-22(18)24-15)11-12-21-16(2)27-14-13-17-5-3-4-6-20(17)23(27)26-21;1-15-20(11-10-18-9-8-17-6-4-13-23-21(17)24-18)25-22-19-7-3-2-5-16(19)12-14-26(15)22;1-15-6-10-21-20(23-15)11-9-17(24-21)7-8-18-14-26-13-12-16-4-2-3-5-19(16)22(26)25-18;1-15-6-7-17-8-9-18(24-21(17)23-15)10-11-19-14-26-13-12-16-4-2-3-5-20(16)22(26)25-19;1-2-5-18-15(4-1)11-13-25-14-17(24-21(18)25)8-7-16-9-10-19-20(23-16)6-3-12-22-19/h3-10,13-14H,11-12H2,1-2H3;2-9,12-14H,10-11H2,1H3;2-6,9-14H,7-8H2,1H3;2-9,12-14H,10-11H2,1H3;1-6,9-14H,7-8H2. The molecule has 20 nitrogen and oxygen atoms in total. The quantitative estimate of drug-likeness (QED) is 0.0933. The fourth-order valence-electron chi connectivity index (χ4n) is 17.4. The van der Waals surface area contributed by atoms with Gasteiger partial charge in [0, 0.05) is 162 Å². The molecule has 630 valence electrons. The van der Waals surface area contributed by atoms with Gasteiger partial charge in [0.05, 0.1) is 50.5 Å². The van der Waals surface area contributed by atoms with Crippen molar-refractivity contribution in [2.45, 2.75) is 98.8 Å². The van der Waals surface area contributed by atoms with Crippen LogP contribution in [0.25, 0.3) is 137 Å². The summed E-state index contributed by atoms with van der Waals surface area (Å²) in [6, 6.07) is 93.5. The summed E-state index contributed by atoms with van der Waals surface area (Å²) in [5.74, 6) is 0. The molecule has 0 aliphatic carbocycles. The van der Waals surface area contributed by atoms with Crippen LogP contribution in [0.5, 0.6) is 0 Å². The Morgan fingerprint density at radius 1 is 0.200 bits per heavy atom. The summed E-state index contributed by atoms with van der Waals surface area (Å²) in [7, 11) is 0. The number of nitrogens with zero attached hydrogens (tertiary/aromatic N) is 20. The van der Waals surface area contributed by atoms with Crippen molar-refractivity contribution in [2.75, 3.05) is 0 Å². The van der Waals surface area contributed by atoms with Crippen LogP contribution in [-0.2, 0) is 64.2 Å². The number of benzene rings is 5. The van der Waals surface area contributed by atoms with Gasteiger partial charge in [0.1, 0.15) is 28.2 Å². The van der Waals surface area contributed by atoms with Crippen molar-refractivity contribution in [3.63, 3.8) is 0 Å². The van der Waals surface area contributed by atoms with Crippen LogP contribution in [0.3, 0.4) is 0 Å². The zero-order valence-corrected chi connectivity index (χ0v) is 72.8. The highest BCUT2D eigenvalue weighted by atomic mass is 15.0. The number of pyridine rings is 15. The number of aryl methyl sites for hydroxylation is 15. The number of fused-ring (bicyclic) bond motifs is 20. The van der Waals surface area contributed by atoms with Crippen molar-refractivity contribution < 1.29 is 0 Å². The summed E-state index contributed by atoms with van der Waals surface area (Å²) >= 11 is 0. The lowest BCUT2D eigenvalue weighted by Gasteiger charge is -2.03. The molecule has 20 aromatic heterocycles. The van der Waals surface area contributed by atoms with Crippen LogP contribution in [-0.4, -0.2) is 96.8 Å². The Hall–Kier alpha value is -16.4. The minimum atomic E-state index is 0.808. The molecule has 0 amide bonds. The molecule has 0 unspecified atom stereocenters. The molecule has 25 rings (SSSR count). The Morgan fingerprint density at radius 2 is 0.508 bits per heavy atom. The van der Waals surface area contributed by atoms with Gasteiger partial charge in [-0.25, -0.2) is 54.8 Å². The maximum absolute atomic E-state index is 4.95. The predicted molar refractivity (Wildman–Crippen MR) is 522 cm³/mol. The first kappa shape index (κ1) is 80.7. The summed E-state index contributed by atoms with van der Waals surface area (Å²) in [4.78, 5) is 70.3. The minimum Gasteiger partial charge on any atom is -0.306 e. The van der Waals surface area contributed by atoms with Gasteiger partial charge in [-0.2, -0.15) is 0 Å². The molecule has 0 atom stereocenters. The highest BCUT2D eigenvalue weighted by Crippen LogP contribution is 2.30. The molecule has 25 aromatic rings. The van der Waals surface area contributed by atoms with E-state index < -0.39 is 0 Å². The average Bonchev–Trinajstić information content (AvgIpc) is 1.61. The second-order valence-corrected chi connectivity index (χ2v) is 33.2. The van der Waals surface area contributed by atoms with Crippen LogP contribution in [0.2, 0.25) is 0 Å². The van der Waals surface area contributed by atoms with E-state index in [1.807, 2.05) is 75.4 Å². The predicted octanol–water partition coefficient (Wildman–Crippen LogP) is 22.6. The minimum absolute atomic E-state index is 0.808. The monoisotopic (exact) mass is 1690 g/mol. The smallest absolute Gasteiger partial charge is 0.159 e. The van der Waals surface area contributed by atoms with Crippen LogP contribution in [0.1, 0.15) is 85.4 Å². The number of hydrogen-bond donors (Lipinski definition) is 0. The van der Waals surface area contributed by atoms with Crippen molar-refractivity contribution in [3.8, 4) is 0 Å². The topological polar surface area (TPSA) is 215 Å². The molecule has 0 bridgehead atoms. The van der Waals surface area contributed by atoms with Gasteiger partial charge < -0.3 is 22.0 Å². The Labute approximate surface area is 748 Å². The molecule has 0 aliphatic rings. The third-order valence-corrected chi connectivity index (χ3v) is 24.3. The van der Waals surface area contributed by atoms with E-state index in [9.17, 15) is 0 Å². The lowest BCUT2D eigenvalue weighted by Crippen LogP contribution is -1.98. The summed E-state index contributed by atoms with van der Waals surface area (Å²) in [5, 5.41) is 15.3. The Bertz CT molecular complexity index is 8580. The van der Waals surface area contributed by atoms with E-state index in [2.05, 4.69) is 334 Å². The Kier molecular flexibility index (Phi) is 22.1. The van der Waals surface area contributed by atoms with Crippen molar-refractivity contribution in [1.29, 1.82) is 0 Å². The molecule has 0 fully saturated rings. The van der Waals surface area contributed by atoms with Gasteiger partial charge >= 0.3 is 0 Å². The van der Waals surface area contributed by atoms with E-state index in [1.165, 1.54) is 65.3 Å². The largest absolute Gasteiger partial charge is 0.306 e. The summed E-state index contributed by atoms with van der Waals surface area (Å²) in [5.41, 5.74) is 27.6. The van der Waals surface area contributed by atoms with Crippen LogP contribution >= 0.6 is 0 Å². The first-order valence-corrected chi connectivity index (χ1v) is 44.3. The van der Waals surface area contributed by atoms with E-state index in [1.54, 1.807) is 12.4 Å². The fourth-order valence-corrected chi connectivity index (χ4v) is 17.4. The van der Waals surface area contributed by atoms with Gasteiger partial charge in [0.2, 0.25) is 0 Å². The number of aromatic nitrogens is 20. The molecule has 5 aromatic carbocycles. The van der Waals surface area contributed by atoms with Crippen LogP contribution in [0.15, 0.2) is 335 Å². The highest BCUT2D eigenvalue weighted by Gasteiger charge is 2.17. The van der Waals surface area contributed by atoms with Crippen molar-refractivity contribution in [3.05, 3.63) is 420 Å². The SMILES string of the molecule is Cc1c(CCc2ccc3cccnc3n2)nc2c3ccccc3ccn12.Cc1ccc2ccc(CCc3cn4ccc5ccccc5c4n3)nc2n1.Cc1ccc2ccc(CCc3nc4c5ccccc5ccn4c3C)nc2n1.Cc1ccc2nc(CCc3cn4ccc5ccccc5c4n3)ccc2n1.c1ccc2c(c1)ccn1cc(CCc3ccc4ncccc4n3)nc21. The van der Waals surface area contributed by atoms with Gasteiger partial charge in [0.15, 0.2) is 16.9 Å². The van der Waals surface area contributed by atoms with Crippen molar-refractivity contribution >= 4 is 137 Å². The molecular weight excluding hydrogens is 1600 g/mol. The van der Waals surface area contributed by atoms with E-state index in [4.69, 9.17) is 44.9 Å².